The number of rotatable bonds is 12. The first-order chi connectivity index (χ1) is 20.3. The molecule has 0 spiro atoms. The fourth-order valence-electron chi connectivity index (χ4n) is 5.02. The van der Waals surface area contributed by atoms with Crippen LogP contribution in [0.3, 0.4) is 0 Å². The predicted octanol–water partition coefficient (Wildman–Crippen LogP) is 4.33. The van der Waals surface area contributed by atoms with Gasteiger partial charge >= 0.3 is 0 Å². The van der Waals surface area contributed by atoms with Gasteiger partial charge in [0.1, 0.15) is 23.0 Å². The minimum Gasteiger partial charge on any atom is -0.388 e. The lowest BCUT2D eigenvalue weighted by Gasteiger charge is -2.13. The van der Waals surface area contributed by atoms with Crippen molar-refractivity contribution in [1.29, 1.82) is 0 Å². The van der Waals surface area contributed by atoms with Crippen molar-refractivity contribution in [2.45, 2.75) is 52.0 Å². The SMILES string of the molecule is CC(=O)C[C@@H](O)c1ccccc1-c1cn(Cc2ccccc2Cn2cc(-c3ccccc3[C@H](O)CC(C)=O)nn2)nn1. The van der Waals surface area contributed by atoms with Crippen molar-refractivity contribution in [1.82, 2.24) is 30.0 Å². The zero-order chi connectivity index (χ0) is 29.6. The van der Waals surface area contributed by atoms with Gasteiger partial charge in [0.25, 0.3) is 0 Å². The second-order valence-corrected chi connectivity index (χ2v) is 10.4. The molecule has 0 bridgehead atoms. The fourth-order valence-corrected chi connectivity index (χ4v) is 5.02. The van der Waals surface area contributed by atoms with Crippen LogP contribution in [0, 0.1) is 0 Å². The summed E-state index contributed by atoms with van der Waals surface area (Å²) in [5.74, 6) is -0.182. The number of aromatic nitrogens is 6. The molecule has 0 aliphatic heterocycles. The maximum Gasteiger partial charge on any atom is 0.132 e. The molecule has 0 unspecified atom stereocenters. The van der Waals surface area contributed by atoms with Gasteiger partial charge < -0.3 is 10.2 Å². The van der Waals surface area contributed by atoms with Crippen molar-refractivity contribution in [2.75, 3.05) is 0 Å². The van der Waals surface area contributed by atoms with Crippen LogP contribution in [0.2, 0.25) is 0 Å². The predicted molar refractivity (Wildman–Crippen MR) is 156 cm³/mol. The van der Waals surface area contributed by atoms with E-state index in [0.29, 0.717) is 35.6 Å². The van der Waals surface area contributed by atoms with Crippen LogP contribution in [0.4, 0.5) is 0 Å². The summed E-state index contributed by atoms with van der Waals surface area (Å²) in [6.07, 6.45) is 1.89. The second-order valence-electron chi connectivity index (χ2n) is 10.4. The van der Waals surface area contributed by atoms with Gasteiger partial charge in [0, 0.05) is 24.0 Å². The van der Waals surface area contributed by atoms with E-state index in [9.17, 15) is 19.8 Å². The maximum absolute atomic E-state index is 11.6. The Kier molecular flexibility index (Phi) is 8.75. The molecule has 10 nitrogen and oxygen atoms in total. The van der Waals surface area contributed by atoms with Gasteiger partial charge in [-0.05, 0) is 36.1 Å². The number of aliphatic hydroxyl groups is 2. The zero-order valence-electron chi connectivity index (χ0n) is 23.5. The van der Waals surface area contributed by atoms with Gasteiger partial charge in [-0.2, -0.15) is 0 Å². The molecule has 10 heteroatoms. The molecular formula is C32H32N6O4. The number of nitrogens with zero attached hydrogens (tertiary/aromatic N) is 6. The minimum atomic E-state index is -0.915. The summed E-state index contributed by atoms with van der Waals surface area (Å²) in [6.45, 7) is 3.84. The number of benzene rings is 3. The first-order valence-electron chi connectivity index (χ1n) is 13.7. The summed E-state index contributed by atoms with van der Waals surface area (Å²) in [4.78, 5) is 23.1. The van der Waals surface area contributed by atoms with E-state index in [1.807, 2.05) is 73.1 Å². The highest BCUT2D eigenvalue weighted by Crippen LogP contribution is 2.30. The van der Waals surface area contributed by atoms with E-state index in [2.05, 4.69) is 20.6 Å². The van der Waals surface area contributed by atoms with Crippen molar-refractivity contribution in [3.05, 3.63) is 107 Å². The lowest BCUT2D eigenvalue weighted by molar-refractivity contribution is -0.119. The number of carbonyl (C=O) groups excluding carboxylic acids is 2. The third-order valence-electron chi connectivity index (χ3n) is 7.01. The van der Waals surface area contributed by atoms with Gasteiger partial charge in [0.2, 0.25) is 0 Å². The van der Waals surface area contributed by atoms with Gasteiger partial charge in [-0.25, -0.2) is 9.36 Å². The highest BCUT2D eigenvalue weighted by molar-refractivity contribution is 5.77. The monoisotopic (exact) mass is 564 g/mol. The van der Waals surface area contributed by atoms with Crippen LogP contribution < -0.4 is 0 Å². The molecule has 214 valence electrons. The Morgan fingerprint density at radius 1 is 0.643 bits per heavy atom. The largest absolute Gasteiger partial charge is 0.388 e. The topological polar surface area (TPSA) is 136 Å². The first-order valence-corrected chi connectivity index (χ1v) is 13.7. The van der Waals surface area contributed by atoms with Gasteiger partial charge in [-0.3, -0.25) is 9.59 Å². The lowest BCUT2D eigenvalue weighted by Crippen LogP contribution is -2.08. The van der Waals surface area contributed by atoms with E-state index in [-0.39, 0.29) is 24.4 Å². The van der Waals surface area contributed by atoms with Gasteiger partial charge in [0.05, 0.1) is 37.7 Å². The molecule has 0 saturated heterocycles. The highest BCUT2D eigenvalue weighted by atomic mass is 16.3. The van der Waals surface area contributed by atoms with Crippen LogP contribution in [0.1, 0.15) is 61.2 Å². The molecule has 0 aliphatic rings. The summed E-state index contributed by atoms with van der Waals surface area (Å²) < 4.78 is 3.48. The lowest BCUT2D eigenvalue weighted by atomic mass is 9.97. The Morgan fingerprint density at radius 2 is 1.02 bits per heavy atom. The number of hydrogen-bond acceptors (Lipinski definition) is 8. The van der Waals surface area contributed by atoms with Crippen molar-refractivity contribution in [2.24, 2.45) is 0 Å². The summed E-state index contributed by atoms with van der Waals surface area (Å²) >= 11 is 0. The Hall–Kier alpha value is -4.80. The summed E-state index contributed by atoms with van der Waals surface area (Å²) in [5, 5.41) is 38.5. The Labute approximate surface area is 243 Å². The number of carbonyl (C=O) groups is 2. The highest BCUT2D eigenvalue weighted by Gasteiger charge is 2.19. The van der Waals surface area contributed by atoms with Crippen molar-refractivity contribution < 1.29 is 19.8 Å². The molecule has 0 fully saturated rings. The van der Waals surface area contributed by atoms with Gasteiger partial charge in [-0.15, -0.1) is 10.2 Å². The Balaban J connectivity index is 1.35. The maximum atomic E-state index is 11.6. The van der Waals surface area contributed by atoms with E-state index < -0.39 is 12.2 Å². The average Bonchev–Trinajstić information content (AvgIpc) is 3.63. The molecule has 5 aromatic rings. The fraction of sp³-hybridized carbons (Fsp3) is 0.250. The number of ketones is 2. The minimum absolute atomic E-state index is 0.0348. The van der Waals surface area contributed by atoms with Crippen LogP contribution in [-0.2, 0) is 22.7 Å². The molecule has 42 heavy (non-hydrogen) atoms. The standard InChI is InChI=1S/C32H32N6O4/c1-21(39)15-31(41)27-13-7-5-11-25(27)29-19-37(35-33-29)17-23-9-3-4-10-24(23)18-38-20-30(34-36-38)26-12-6-8-14-28(26)32(42)16-22(2)40/h3-14,19-20,31-32,41-42H,15-18H2,1-2H3/t31-,32-/m1/s1. The first kappa shape index (κ1) is 28.7. The molecule has 5 rings (SSSR count). The number of Topliss-reactive ketones (excluding diaryl/α,β-unsaturated/α-hetero) is 2. The van der Waals surface area contributed by atoms with Crippen molar-refractivity contribution in [3.63, 3.8) is 0 Å². The van der Waals surface area contributed by atoms with Crippen LogP contribution in [0.5, 0.6) is 0 Å². The second kappa shape index (κ2) is 12.8. The molecule has 0 radical (unpaired) electrons. The molecule has 0 saturated carbocycles. The number of aliphatic hydroxyl groups excluding tert-OH is 2. The average molecular weight is 565 g/mol. The van der Waals surface area contributed by atoms with E-state index in [1.54, 1.807) is 21.5 Å². The zero-order valence-corrected chi connectivity index (χ0v) is 23.5. The Morgan fingerprint density at radius 3 is 1.43 bits per heavy atom. The van der Waals surface area contributed by atoms with E-state index in [1.165, 1.54) is 13.8 Å². The molecule has 2 N–H and O–H groups in total. The third-order valence-corrected chi connectivity index (χ3v) is 7.01. The van der Waals surface area contributed by atoms with E-state index in [4.69, 9.17) is 0 Å². The quantitative estimate of drug-likeness (QED) is 0.229. The van der Waals surface area contributed by atoms with Crippen molar-refractivity contribution in [3.8, 4) is 22.5 Å². The summed E-state index contributed by atoms with van der Waals surface area (Å²) in [7, 11) is 0. The molecular weight excluding hydrogens is 532 g/mol. The molecule has 0 aliphatic carbocycles. The van der Waals surface area contributed by atoms with Gasteiger partial charge in [0.15, 0.2) is 0 Å². The molecule has 2 heterocycles. The molecule has 2 atom stereocenters. The van der Waals surface area contributed by atoms with E-state index in [0.717, 1.165) is 22.3 Å². The normalized spacial score (nSPS) is 12.7. The molecule has 3 aromatic carbocycles. The van der Waals surface area contributed by atoms with Crippen molar-refractivity contribution >= 4 is 11.6 Å². The molecule has 2 aromatic heterocycles. The summed E-state index contributed by atoms with van der Waals surface area (Å²) in [5.41, 5.74) is 6.00. The van der Waals surface area contributed by atoms with Crippen LogP contribution in [0.25, 0.3) is 22.5 Å². The summed E-state index contributed by atoms with van der Waals surface area (Å²) in [6, 6.07) is 22.7. The smallest absolute Gasteiger partial charge is 0.132 e. The molecule has 0 amide bonds. The van der Waals surface area contributed by atoms with Crippen LogP contribution in [-0.4, -0.2) is 51.8 Å². The van der Waals surface area contributed by atoms with Crippen LogP contribution >= 0.6 is 0 Å². The Bertz CT molecular complexity index is 1580. The van der Waals surface area contributed by atoms with E-state index >= 15 is 0 Å². The van der Waals surface area contributed by atoms with Gasteiger partial charge in [-0.1, -0.05) is 83.2 Å². The van der Waals surface area contributed by atoms with Crippen LogP contribution in [0.15, 0.2) is 85.2 Å². The third kappa shape index (κ3) is 6.73. The number of hydrogen-bond donors (Lipinski definition) is 2.